The van der Waals surface area contributed by atoms with Gasteiger partial charge in [0.05, 0.1) is 7.11 Å². The van der Waals surface area contributed by atoms with Gasteiger partial charge in [-0.1, -0.05) is 48.9 Å². The van der Waals surface area contributed by atoms with Crippen molar-refractivity contribution < 1.29 is 19.1 Å². The van der Waals surface area contributed by atoms with Gasteiger partial charge in [-0.3, -0.25) is 9.59 Å². The lowest BCUT2D eigenvalue weighted by atomic mass is 9.55. The number of likely N-dealkylation sites (tertiary alicyclic amines) is 1. The highest BCUT2D eigenvalue weighted by Crippen LogP contribution is 2.54. The Morgan fingerprint density at radius 1 is 1.05 bits per heavy atom. The fraction of sp³-hybridized carbons (Fsp3) is 0.562. The molecule has 1 aliphatic carbocycles. The number of esters is 1. The number of unbranched alkanes of at least 4 members (excludes halogenated alkanes) is 2. The van der Waals surface area contributed by atoms with Crippen LogP contribution >= 0.6 is 0 Å². The van der Waals surface area contributed by atoms with Crippen LogP contribution < -0.4 is 4.74 Å². The van der Waals surface area contributed by atoms with Gasteiger partial charge < -0.3 is 19.3 Å². The second-order valence-electron chi connectivity index (χ2n) is 11.3. The van der Waals surface area contributed by atoms with Crippen molar-refractivity contribution in [3.8, 4) is 5.75 Å². The molecule has 2 aromatic carbocycles. The average Bonchev–Trinajstić information content (AvgIpc) is 2.92. The zero-order valence-electron chi connectivity index (χ0n) is 23.6. The van der Waals surface area contributed by atoms with Crippen LogP contribution in [0.4, 0.5) is 0 Å². The Hall–Kier alpha value is -2.86. The molecule has 4 rings (SSSR count). The Bertz CT molecular complexity index is 1090. The van der Waals surface area contributed by atoms with Gasteiger partial charge >= 0.3 is 5.97 Å². The molecule has 6 nitrogen and oxygen atoms in total. The van der Waals surface area contributed by atoms with E-state index in [9.17, 15) is 9.59 Å². The maximum atomic E-state index is 13.3. The number of carbonyl (C=O) groups is 2. The summed E-state index contributed by atoms with van der Waals surface area (Å²) >= 11 is 0. The highest BCUT2D eigenvalue weighted by atomic mass is 16.6. The minimum Gasteiger partial charge on any atom is -0.497 e. The van der Waals surface area contributed by atoms with Gasteiger partial charge in [-0.25, -0.2) is 0 Å². The summed E-state index contributed by atoms with van der Waals surface area (Å²) < 4.78 is 11.9. The number of amides is 1. The van der Waals surface area contributed by atoms with Crippen molar-refractivity contribution in [2.45, 2.75) is 81.8 Å². The SMILES string of the molecule is COc1cccc(C23CCN(C)CC2(OC(C)=O)CCC(N(C)C(=O)CCCCCc2ccccc2)C3)c1. The number of hydrogen-bond acceptors (Lipinski definition) is 5. The number of benzene rings is 2. The fourth-order valence-electron chi connectivity index (χ4n) is 6.83. The van der Waals surface area contributed by atoms with E-state index in [4.69, 9.17) is 9.47 Å². The van der Waals surface area contributed by atoms with Crippen molar-refractivity contribution in [3.63, 3.8) is 0 Å². The van der Waals surface area contributed by atoms with E-state index in [0.29, 0.717) is 13.0 Å². The van der Waals surface area contributed by atoms with Crippen molar-refractivity contribution >= 4 is 11.9 Å². The largest absolute Gasteiger partial charge is 0.497 e. The molecule has 3 unspecified atom stereocenters. The maximum Gasteiger partial charge on any atom is 0.303 e. The smallest absolute Gasteiger partial charge is 0.303 e. The van der Waals surface area contributed by atoms with Crippen LogP contribution in [-0.2, 0) is 26.2 Å². The number of rotatable bonds is 10. The van der Waals surface area contributed by atoms with Gasteiger partial charge in [-0.15, -0.1) is 0 Å². The zero-order chi connectivity index (χ0) is 27.2. The molecule has 38 heavy (non-hydrogen) atoms. The molecule has 2 fully saturated rings. The second-order valence-corrected chi connectivity index (χ2v) is 11.3. The van der Waals surface area contributed by atoms with Crippen molar-refractivity contribution in [3.05, 3.63) is 65.7 Å². The molecular weight excluding hydrogens is 476 g/mol. The van der Waals surface area contributed by atoms with Crippen molar-refractivity contribution in [1.29, 1.82) is 0 Å². The van der Waals surface area contributed by atoms with Crippen LogP contribution in [0.25, 0.3) is 0 Å². The number of methoxy groups -OCH3 is 1. The normalized spacial score (nSPS) is 25.3. The van der Waals surface area contributed by atoms with E-state index >= 15 is 0 Å². The van der Waals surface area contributed by atoms with Gasteiger partial charge in [0.25, 0.3) is 0 Å². The van der Waals surface area contributed by atoms with E-state index in [1.807, 2.05) is 30.1 Å². The van der Waals surface area contributed by atoms with E-state index in [1.54, 1.807) is 7.11 Å². The van der Waals surface area contributed by atoms with Crippen LogP contribution in [0.15, 0.2) is 54.6 Å². The van der Waals surface area contributed by atoms with Gasteiger partial charge in [-0.05, 0) is 81.8 Å². The van der Waals surface area contributed by atoms with Gasteiger partial charge in [-0.2, -0.15) is 0 Å². The highest BCUT2D eigenvalue weighted by molar-refractivity contribution is 5.76. The lowest BCUT2D eigenvalue weighted by molar-refractivity contribution is -0.188. The summed E-state index contributed by atoms with van der Waals surface area (Å²) in [5.41, 5.74) is 1.48. The number of carbonyl (C=O) groups excluding carboxylic acids is 2. The molecule has 2 aromatic rings. The Morgan fingerprint density at radius 2 is 1.84 bits per heavy atom. The Labute approximate surface area is 228 Å². The van der Waals surface area contributed by atoms with Crippen LogP contribution in [0.2, 0.25) is 0 Å². The van der Waals surface area contributed by atoms with E-state index in [-0.39, 0.29) is 23.3 Å². The van der Waals surface area contributed by atoms with Crippen LogP contribution in [-0.4, -0.2) is 67.6 Å². The summed E-state index contributed by atoms with van der Waals surface area (Å²) in [5, 5.41) is 0. The molecule has 0 aromatic heterocycles. The van der Waals surface area contributed by atoms with Crippen LogP contribution in [0.3, 0.4) is 0 Å². The van der Waals surface area contributed by atoms with Crippen molar-refractivity contribution in [2.75, 3.05) is 34.3 Å². The number of ether oxygens (including phenoxy) is 2. The Balaban J connectivity index is 1.48. The third-order valence-corrected chi connectivity index (χ3v) is 8.88. The topological polar surface area (TPSA) is 59.1 Å². The van der Waals surface area contributed by atoms with E-state index in [1.165, 1.54) is 12.5 Å². The molecule has 1 saturated carbocycles. The minimum absolute atomic E-state index is 0.102. The van der Waals surface area contributed by atoms with Crippen LogP contribution in [0, 0.1) is 0 Å². The first kappa shape index (κ1) is 28.2. The molecule has 1 aliphatic heterocycles. The maximum absolute atomic E-state index is 13.3. The summed E-state index contributed by atoms with van der Waals surface area (Å²) in [6.45, 7) is 3.11. The van der Waals surface area contributed by atoms with Gasteiger partial charge in [0, 0.05) is 38.4 Å². The molecule has 0 bridgehead atoms. The third kappa shape index (κ3) is 6.06. The average molecular weight is 521 g/mol. The molecule has 0 radical (unpaired) electrons. The lowest BCUT2D eigenvalue weighted by Crippen LogP contribution is -2.68. The number of nitrogens with zero attached hydrogens (tertiary/aromatic N) is 2. The summed E-state index contributed by atoms with van der Waals surface area (Å²) in [4.78, 5) is 30.0. The molecule has 0 spiro atoms. The van der Waals surface area contributed by atoms with Gasteiger partial charge in [0.15, 0.2) is 0 Å². The minimum atomic E-state index is -0.629. The fourth-order valence-corrected chi connectivity index (χ4v) is 6.83. The Morgan fingerprint density at radius 3 is 2.58 bits per heavy atom. The van der Waals surface area contributed by atoms with Crippen LogP contribution in [0.1, 0.15) is 69.4 Å². The predicted octanol–water partition coefficient (Wildman–Crippen LogP) is 5.38. The quantitative estimate of drug-likeness (QED) is 0.311. The summed E-state index contributed by atoms with van der Waals surface area (Å²) in [5.74, 6) is 0.768. The predicted molar refractivity (Wildman–Crippen MR) is 150 cm³/mol. The molecule has 2 aliphatic rings. The van der Waals surface area contributed by atoms with Crippen molar-refractivity contribution in [1.82, 2.24) is 9.80 Å². The molecule has 1 amide bonds. The standard InChI is InChI=1S/C32H44N2O4/c1-25(35)38-32-19-18-28(34(3)30(36)17-10-6-9-14-26-12-7-5-8-13-26)23-31(32,20-21-33(2)24-32)27-15-11-16-29(22-27)37-4/h5,7-8,11-13,15-16,22,28H,6,9-10,14,17-21,23-24H2,1-4H3. The first-order valence-corrected chi connectivity index (χ1v) is 14.1. The number of likely N-dealkylation sites (N-methyl/N-ethyl adjacent to an activating group) is 1. The van der Waals surface area contributed by atoms with E-state index < -0.39 is 5.60 Å². The van der Waals surface area contributed by atoms with E-state index in [2.05, 4.69) is 48.3 Å². The van der Waals surface area contributed by atoms with Gasteiger partial charge in [0.1, 0.15) is 11.4 Å². The summed E-state index contributed by atoms with van der Waals surface area (Å²) in [6, 6.07) is 18.9. The molecular formula is C32H44N2O4. The Kier molecular flexibility index (Phi) is 9.14. The number of piperidine rings is 1. The second kappa shape index (κ2) is 12.3. The van der Waals surface area contributed by atoms with Crippen molar-refractivity contribution in [2.24, 2.45) is 0 Å². The molecule has 6 heteroatoms. The molecule has 0 N–H and O–H groups in total. The first-order chi connectivity index (χ1) is 18.3. The monoisotopic (exact) mass is 520 g/mol. The number of hydrogen-bond donors (Lipinski definition) is 0. The summed E-state index contributed by atoms with van der Waals surface area (Å²) in [7, 11) is 5.74. The zero-order valence-corrected chi connectivity index (χ0v) is 23.6. The molecule has 206 valence electrons. The first-order valence-electron chi connectivity index (χ1n) is 14.1. The number of aryl methyl sites for hydroxylation is 1. The lowest BCUT2D eigenvalue weighted by Gasteiger charge is -2.59. The molecule has 3 atom stereocenters. The molecule has 1 saturated heterocycles. The summed E-state index contributed by atoms with van der Waals surface area (Å²) in [6.07, 6.45) is 7.88. The van der Waals surface area contributed by atoms with Crippen LogP contribution in [0.5, 0.6) is 5.75 Å². The van der Waals surface area contributed by atoms with E-state index in [0.717, 1.165) is 69.2 Å². The molecule has 1 heterocycles. The van der Waals surface area contributed by atoms with Gasteiger partial charge in [0.2, 0.25) is 5.91 Å². The number of fused-ring (bicyclic) bond motifs is 1. The highest BCUT2D eigenvalue weighted by Gasteiger charge is 2.61. The third-order valence-electron chi connectivity index (χ3n) is 8.88.